The van der Waals surface area contributed by atoms with Gasteiger partial charge in [-0.05, 0) is 53.0 Å². The maximum absolute atomic E-state index is 5.80. The topological polar surface area (TPSA) is 75.2 Å². The molecular weight excluding hydrogens is 304 g/mol. The SMILES string of the molecule is CC(C)Oc1ccccc1Nc1cnnc(NCCCN(C)C)n1. The Morgan fingerprint density at radius 1 is 1.21 bits per heavy atom. The van der Waals surface area contributed by atoms with Crippen LogP contribution in [0.1, 0.15) is 20.3 Å². The van der Waals surface area contributed by atoms with Crippen LogP contribution < -0.4 is 15.4 Å². The van der Waals surface area contributed by atoms with Crippen molar-refractivity contribution in [1.82, 2.24) is 20.1 Å². The summed E-state index contributed by atoms with van der Waals surface area (Å²) in [5, 5.41) is 14.4. The van der Waals surface area contributed by atoms with Gasteiger partial charge in [0.05, 0.1) is 18.0 Å². The van der Waals surface area contributed by atoms with E-state index in [4.69, 9.17) is 4.74 Å². The summed E-state index contributed by atoms with van der Waals surface area (Å²) in [5.41, 5.74) is 0.852. The van der Waals surface area contributed by atoms with E-state index in [0.29, 0.717) is 11.8 Å². The minimum atomic E-state index is 0.102. The highest BCUT2D eigenvalue weighted by atomic mass is 16.5. The van der Waals surface area contributed by atoms with E-state index >= 15 is 0 Å². The normalized spacial score (nSPS) is 10.9. The molecular formula is C17H26N6O. The quantitative estimate of drug-likeness (QED) is 0.685. The summed E-state index contributed by atoms with van der Waals surface area (Å²) in [6.45, 7) is 5.81. The number of nitrogens with zero attached hydrogens (tertiary/aromatic N) is 4. The number of rotatable bonds is 9. The minimum Gasteiger partial charge on any atom is -0.489 e. The molecule has 2 aromatic rings. The Labute approximate surface area is 143 Å². The van der Waals surface area contributed by atoms with Gasteiger partial charge in [0.25, 0.3) is 0 Å². The van der Waals surface area contributed by atoms with E-state index in [2.05, 4.69) is 44.8 Å². The molecule has 1 aromatic carbocycles. The second-order valence-corrected chi connectivity index (χ2v) is 6.04. The third kappa shape index (κ3) is 6.00. The highest BCUT2D eigenvalue weighted by Gasteiger charge is 2.07. The van der Waals surface area contributed by atoms with Crippen LogP contribution in [-0.2, 0) is 0 Å². The molecule has 0 aliphatic heterocycles. The van der Waals surface area contributed by atoms with Gasteiger partial charge in [-0.2, -0.15) is 10.1 Å². The Kier molecular flexibility index (Phi) is 6.74. The molecule has 0 bridgehead atoms. The molecule has 0 amide bonds. The fourth-order valence-electron chi connectivity index (χ4n) is 2.10. The van der Waals surface area contributed by atoms with Gasteiger partial charge >= 0.3 is 0 Å². The second kappa shape index (κ2) is 9.02. The van der Waals surface area contributed by atoms with E-state index in [0.717, 1.165) is 30.9 Å². The number of hydrogen-bond donors (Lipinski definition) is 2. The van der Waals surface area contributed by atoms with Crippen molar-refractivity contribution in [3.8, 4) is 5.75 Å². The Balaban J connectivity index is 1.99. The van der Waals surface area contributed by atoms with Gasteiger partial charge < -0.3 is 20.3 Å². The molecule has 0 aliphatic carbocycles. The average molecular weight is 330 g/mol. The molecule has 0 fully saturated rings. The van der Waals surface area contributed by atoms with Crippen LogP contribution in [0.15, 0.2) is 30.5 Å². The third-order valence-electron chi connectivity index (χ3n) is 3.14. The van der Waals surface area contributed by atoms with Crippen LogP contribution in [0.3, 0.4) is 0 Å². The predicted octanol–water partition coefficient (Wildman–Crippen LogP) is 2.77. The molecule has 0 saturated carbocycles. The first-order valence-electron chi connectivity index (χ1n) is 8.15. The zero-order valence-corrected chi connectivity index (χ0v) is 14.8. The molecule has 7 nitrogen and oxygen atoms in total. The lowest BCUT2D eigenvalue weighted by atomic mass is 10.3. The molecule has 0 aliphatic rings. The van der Waals surface area contributed by atoms with Crippen LogP contribution >= 0.6 is 0 Å². The summed E-state index contributed by atoms with van der Waals surface area (Å²) in [5.74, 6) is 1.92. The van der Waals surface area contributed by atoms with Crippen LogP contribution in [-0.4, -0.2) is 53.4 Å². The number of nitrogens with one attached hydrogen (secondary N) is 2. The maximum atomic E-state index is 5.80. The number of benzene rings is 1. The Bertz CT molecular complexity index is 632. The number of ether oxygens (including phenoxy) is 1. The number of aromatic nitrogens is 3. The van der Waals surface area contributed by atoms with E-state index in [1.165, 1.54) is 0 Å². The monoisotopic (exact) mass is 330 g/mol. The van der Waals surface area contributed by atoms with E-state index in [1.807, 2.05) is 38.1 Å². The average Bonchev–Trinajstić information content (AvgIpc) is 2.53. The van der Waals surface area contributed by atoms with E-state index < -0.39 is 0 Å². The highest BCUT2D eigenvalue weighted by molar-refractivity contribution is 5.64. The minimum absolute atomic E-state index is 0.102. The summed E-state index contributed by atoms with van der Waals surface area (Å²) >= 11 is 0. The molecule has 2 rings (SSSR count). The summed E-state index contributed by atoms with van der Waals surface area (Å²) in [4.78, 5) is 6.58. The first kappa shape index (κ1) is 17.9. The standard InChI is InChI=1S/C17H26N6O/c1-13(2)24-15-9-6-5-8-14(15)20-16-12-19-22-17(21-16)18-10-7-11-23(3)4/h5-6,8-9,12-13H,7,10-11H2,1-4H3,(H2,18,20,21,22). The molecule has 7 heteroatoms. The van der Waals surface area contributed by atoms with Gasteiger partial charge in [-0.1, -0.05) is 12.1 Å². The van der Waals surface area contributed by atoms with Crippen molar-refractivity contribution in [2.45, 2.75) is 26.4 Å². The lowest BCUT2D eigenvalue weighted by molar-refractivity contribution is 0.244. The zero-order chi connectivity index (χ0) is 17.4. The lowest BCUT2D eigenvalue weighted by Gasteiger charge is -2.15. The van der Waals surface area contributed by atoms with Crippen LogP contribution in [0.4, 0.5) is 17.5 Å². The summed E-state index contributed by atoms with van der Waals surface area (Å²) in [7, 11) is 4.11. The number of anilines is 3. The van der Waals surface area contributed by atoms with Gasteiger partial charge in [-0.3, -0.25) is 0 Å². The molecule has 0 spiro atoms. The van der Waals surface area contributed by atoms with Crippen molar-refractivity contribution >= 4 is 17.5 Å². The lowest BCUT2D eigenvalue weighted by Crippen LogP contribution is -2.17. The van der Waals surface area contributed by atoms with Crippen molar-refractivity contribution in [3.05, 3.63) is 30.5 Å². The molecule has 1 aromatic heterocycles. The Morgan fingerprint density at radius 2 is 2.00 bits per heavy atom. The van der Waals surface area contributed by atoms with Crippen molar-refractivity contribution in [3.63, 3.8) is 0 Å². The first-order chi connectivity index (χ1) is 11.5. The van der Waals surface area contributed by atoms with Crippen LogP contribution in [0.2, 0.25) is 0 Å². The molecule has 130 valence electrons. The molecule has 0 unspecified atom stereocenters. The van der Waals surface area contributed by atoms with Crippen LogP contribution in [0.25, 0.3) is 0 Å². The molecule has 2 N–H and O–H groups in total. The molecule has 0 radical (unpaired) electrons. The third-order valence-corrected chi connectivity index (χ3v) is 3.14. The van der Waals surface area contributed by atoms with Gasteiger partial charge in [-0.15, -0.1) is 5.10 Å². The second-order valence-electron chi connectivity index (χ2n) is 6.04. The van der Waals surface area contributed by atoms with E-state index in [1.54, 1.807) is 6.20 Å². The summed E-state index contributed by atoms with van der Waals surface area (Å²) in [6, 6.07) is 7.77. The predicted molar refractivity (Wildman–Crippen MR) is 97.0 cm³/mol. The van der Waals surface area contributed by atoms with Crippen LogP contribution in [0.5, 0.6) is 5.75 Å². The fourth-order valence-corrected chi connectivity index (χ4v) is 2.10. The zero-order valence-electron chi connectivity index (χ0n) is 14.8. The van der Waals surface area contributed by atoms with Gasteiger partial charge in [0.2, 0.25) is 5.95 Å². The maximum Gasteiger partial charge on any atom is 0.244 e. The van der Waals surface area contributed by atoms with Gasteiger partial charge in [0, 0.05) is 6.54 Å². The fraction of sp³-hybridized carbons (Fsp3) is 0.471. The first-order valence-corrected chi connectivity index (χ1v) is 8.15. The molecule has 0 atom stereocenters. The molecule has 0 saturated heterocycles. The van der Waals surface area contributed by atoms with Crippen molar-refractivity contribution < 1.29 is 4.74 Å². The Hall–Kier alpha value is -2.41. The van der Waals surface area contributed by atoms with Gasteiger partial charge in [-0.25, -0.2) is 0 Å². The largest absolute Gasteiger partial charge is 0.489 e. The van der Waals surface area contributed by atoms with Gasteiger partial charge in [0.15, 0.2) is 5.82 Å². The molecule has 1 heterocycles. The van der Waals surface area contributed by atoms with E-state index in [-0.39, 0.29) is 6.10 Å². The van der Waals surface area contributed by atoms with Crippen molar-refractivity contribution in [2.24, 2.45) is 0 Å². The van der Waals surface area contributed by atoms with Crippen LogP contribution in [0, 0.1) is 0 Å². The summed E-state index contributed by atoms with van der Waals surface area (Å²) in [6.07, 6.45) is 2.71. The number of hydrogen-bond acceptors (Lipinski definition) is 7. The summed E-state index contributed by atoms with van der Waals surface area (Å²) < 4.78 is 5.80. The van der Waals surface area contributed by atoms with E-state index in [9.17, 15) is 0 Å². The van der Waals surface area contributed by atoms with Crippen molar-refractivity contribution in [2.75, 3.05) is 37.8 Å². The smallest absolute Gasteiger partial charge is 0.244 e. The highest BCUT2D eigenvalue weighted by Crippen LogP contribution is 2.27. The number of para-hydroxylation sites is 2. The van der Waals surface area contributed by atoms with Gasteiger partial charge in [0.1, 0.15) is 5.75 Å². The molecule has 24 heavy (non-hydrogen) atoms. The Morgan fingerprint density at radius 3 is 2.75 bits per heavy atom. The van der Waals surface area contributed by atoms with Crippen molar-refractivity contribution in [1.29, 1.82) is 0 Å².